The van der Waals surface area contributed by atoms with Crippen LogP contribution in [0.15, 0.2) is 48.5 Å². The lowest BCUT2D eigenvalue weighted by molar-refractivity contribution is -0.139. The quantitative estimate of drug-likeness (QED) is 0.700. The van der Waals surface area contributed by atoms with E-state index in [-0.39, 0.29) is 12.5 Å². The second-order valence-corrected chi connectivity index (χ2v) is 6.91. The Bertz CT molecular complexity index is 829. The van der Waals surface area contributed by atoms with E-state index in [1.807, 2.05) is 48.5 Å². The third-order valence-electron chi connectivity index (χ3n) is 4.48. The van der Waals surface area contributed by atoms with E-state index in [1.165, 1.54) is 0 Å². The fourth-order valence-electron chi connectivity index (χ4n) is 3.24. The van der Waals surface area contributed by atoms with Gasteiger partial charge in [0, 0.05) is 12.3 Å². The van der Waals surface area contributed by atoms with Crippen LogP contribution in [0.5, 0.6) is 0 Å². The maximum atomic E-state index is 13.2. The number of hydrogen-bond donors (Lipinski definition) is 2. The minimum Gasteiger partial charge on any atom is -0.480 e. The first-order valence-electron chi connectivity index (χ1n) is 8.32. The first-order chi connectivity index (χ1) is 13.0. The maximum Gasteiger partial charge on any atom is 0.407 e. The minimum atomic E-state index is -1.88. The molecule has 140 valence electrons. The topological polar surface area (TPSA) is 92.7 Å². The van der Waals surface area contributed by atoms with E-state index in [4.69, 9.17) is 9.84 Å². The van der Waals surface area contributed by atoms with Crippen molar-refractivity contribution in [3.05, 3.63) is 59.7 Å². The maximum absolute atomic E-state index is 13.2. The average molecular weight is 389 g/mol. The van der Waals surface area contributed by atoms with E-state index in [0.717, 1.165) is 22.3 Å². The van der Waals surface area contributed by atoms with Crippen LogP contribution < -0.4 is 5.32 Å². The molecule has 0 saturated heterocycles. The molecule has 2 atom stereocenters. The first-order valence-corrected chi connectivity index (χ1v) is 9.20. The van der Waals surface area contributed by atoms with Crippen molar-refractivity contribution in [2.45, 2.75) is 24.3 Å². The zero-order valence-electron chi connectivity index (χ0n) is 14.2. The monoisotopic (exact) mass is 389 g/mol. The smallest absolute Gasteiger partial charge is 0.407 e. The number of nitrogens with one attached hydrogen (secondary N) is 1. The molecule has 0 aliphatic heterocycles. The van der Waals surface area contributed by atoms with Crippen LogP contribution in [0.4, 0.5) is 9.18 Å². The molecule has 1 unspecified atom stereocenters. The average Bonchev–Trinajstić information content (AvgIpc) is 2.99. The normalized spacial score (nSPS) is 14.9. The Morgan fingerprint density at radius 1 is 1.11 bits per heavy atom. The number of halogens is 1. The molecule has 0 saturated carbocycles. The highest BCUT2D eigenvalue weighted by Gasteiger charge is 2.30. The molecular formula is C19H17FNO5P. The number of alkyl carbamates (subject to hydrolysis) is 1. The number of hydrogen-bond acceptors (Lipinski definition) is 4. The van der Waals surface area contributed by atoms with Gasteiger partial charge in [0.2, 0.25) is 0 Å². The molecule has 3 rings (SSSR count). The summed E-state index contributed by atoms with van der Waals surface area (Å²) in [4.78, 5) is 23.1. The van der Waals surface area contributed by atoms with Gasteiger partial charge in [0.05, 0.1) is 0 Å². The van der Waals surface area contributed by atoms with Crippen molar-refractivity contribution in [2.24, 2.45) is 0 Å². The number of carboxylic acid groups (broad SMARTS) is 1. The van der Waals surface area contributed by atoms with E-state index in [9.17, 15) is 18.5 Å². The standard InChI is InChI=1S/C19H17FNO5P/c20-17(27-25)9-16(18(22)23)21-19(24)26-10-15-13-7-3-1-5-11(13)12-6-2-4-8-14(12)15/h1-8,15-17H,9-10H2,(H,21,24)(H,22,23)/t16-,17?/m1/s1. The molecule has 1 aliphatic carbocycles. The molecule has 6 nitrogen and oxygen atoms in total. The predicted molar refractivity (Wildman–Crippen MR) is 96.7 cm³/mol. The predicted octanol–water partition coefficient (Wildman–Crippen LogP) is 3.96. The van der Waals surface area contributed by atoms with E-state index in [0.29, 0.717) is 0 Å². The number of carbonyl (C=O) groups is 2. The third kappa shape index (κ3) is 4.14. The van der Waals surface area contributed by atoms with Crippen molar-refractivity contribution in [1.29, 1.82) is 0 Å². The van der Waals surface area contributed by atoms with Crippen LogP contribution in [0.25, 0.3) is 11.1 Å². The lowest BCUT2D eigenvalue weighted by atomic mass is 9.98. The highest BCUT2D eigenvalue weighted by molar-refractivity contribution is 7.24. The van der Waals surface area contributed by atoms with Crippen LogP contribution in [0.3, 0.4) is 0 Å². The fourth-order valence-corrected chi connectivity index (χ4v) is 3.54. The Hall–Kier alpha value is -2.79. The van der Waals surface area contributed by atoms with Crippen molar-refractivity contribution in [3.8, 4) is 11.1 Å². The highest BCUT2D eigenvalue weighted by atomic mass is 31.1. The van der Waals surface area contributed by atoms with Crippen molar-refractivity contribution < 1.29 is 28.4 Å². The lowest BCUT2D eigenvalue weighted by Crippen LogP contribution is -2.42. The molecule has 2 aromatic carbocycles. The number of rotatable bonds is 7. The molecule has 1 amide bonds. The summed E-state index contributed by atoms with van der Waals surface area (Å²) >= 11 is 0. The number of aliphatic carboxylic acids is 1. The highest BCUT2D eigenvalue weighted by Crippen LogP contribution is 2.44. The number of alkyl halides is 1. The van der Waals surface area contributed by atoms with Gasteiger partial charge in [0.15, 0.2) is 14.4 Å². The molecule has 0 heterocycles. The Morgan fingerprint density at radius 2 is 1.67 bits per heavy atom. The van der Waals surface area contributed by atoms with Gasteiger partial charge in [-0.25, -0.2) is 14.0 Å². The van der Waals surface area contributed by atoms with E-state index < -0.39 is 38.9 Å². The second-order valence-electron chi connectivity index (χ2n) is 6.14. The molecule has 0 aromatic heterocycles. The molecule has 0 bridgehead atoms. The summed E-state index contributed by atoms with van der Waals surface area (Å²) in [5.74, 6) is -3.46. The fraction of sp³-hybridized carbons (Fsp3) is 0.263. The van der Waals surface area contributed by atoms with Crippen LogP contribution in [0.1, 0.15) is 23.5 Å². The van der Waals surface area contributed by atoms with Gasteiger partial charge in [-0.2, -0.15) is 0 Å². The summed E-state index contributed by atoms with van der Waals surface area (Å²) < 4.78 is 28.9. The molecule has 8 heteroatoms. The number of ether oxygens (including phenoxy) is 1. The molecule has 2 aromatic rings. The molecule has 0 spiro atoms. The van der Waals surface area contributed by atoms with Gasteiger partial charge in [-0.3, -0.25) is 4.57 Å². The van der Waals surface area contributed by atoms with Gasteiger partial charge in [-0.05, 0) is 22.3 Å². The number of fused-ring (bicyclic) bond motifs is 3. The minimum absolute atomic E-state index is 0.0189. The molecule has 1 aliphatic rings. The molecule has 27 heavy (non-hydrogen) atoms. The second kappa shape index (κ2) is 8.27. The summed E-state index contributed by atoms with van der Waals surface area (Å²) in [5.41, 5.74) is 4.19. The number of carbonyl (C=O) groups excluding carboxylic acids is 1. The van der Waals surface area contributed by atoms with Gasteiger partial charge in [-0.1, -0.05) is 48.5 Å². The summed E-state index contributed by atoms with van der Waals surface area (Å²) in [5, 5.41) is 11.2. The largest absolute Gasteiger partial charge is 0.480 e. The van der Waals surface area contributed by atoms with Crippen molar-refractivity contribution in [3.63, 3.8) is 0 Å². The van der Waals surface area contributed by atoms with Gasteiger partial charge in [0.25, 0.3) is 0 Å². The molecule has 0 fully saturated rings. The van der Waals surface area contributed by atoms with Gasteiger partial charge in [-0.15, -0.1) is 0 Å². The summed E-state index contributed by atoms with van der Waals surface area (Å²) in [7, 11) is -0.825. The third-order valence-corrected chi connectivity index (χ3v) is 4.92. The lowest BCUT2D eigenvalue weighted by Gasteiger charge is -2.17. The summed E-state index contributed by atoms with van der Waals surface area (Å²) in [6.45, 7) is 0.0189. The summed E-state index contributed by atoms with van der Waals surface area (Å²) in [6, 6.07) is 14.1. The van der Waals surface area contributed by atoms with Gasteiger partial charge < -0.3 is 15.2 Å². The number of carboxylic acids is 1. The van der Waals surface area contributed by atoms with E-state index in [2.05, 4.69) is 5.32 Å². The number of amides is 1. The zero-order valence-corrected chi connectivity index (χ0v) is 15.1. The van der Waals surface area contributed by atoms with Crippen molar-refractivity contribution in [1.82, 2.24) is 5.32 Å². The Morgan fingerprint density at radius 3 is 2.19 bits per heavy atom. The van der Waals surface area contributed by atoms with Crippen LogP contribution >= 0.6 is 8.46 Å². The first kappa shape index (κ1) is 19.0. The Labute approximate surface area is 156 Å². The van der Waals surface area contributed by atoms with E-state index >= 15 is 0 Å². The van der Waals surface area contributed by atoms with E-state index in [1.54, 1.807) is 0 Å². The number of benzene rings is 2. The van der Waals surface area contributed by atoms with Crippen LogP contribution in [-0.2, 0) is 14.1 Å². The van der Waals surface area contributed by atoms with Crippen molar-refractivity contribution in [2.75, 3.05) is 6.61 Å². The van der Waals surface area contributed by atoms with Crippen molar-refractivity contribution >= 4 is 20.5 Å². The van der Waals surface area contributed by atoms with Crippen LogP contribution in [0.2, 0.25) is 0 Å². The van der Waals surface area contributed by atoms with Crippen LogP contribution in [0, 0.1) is 0 Å². The van der Waals surface area contributed by atoms with Gasteiger partial charge in [0.1, 0.15) is 12.6 Å². The van der Waals surface area contributed by atoms with Crippen LogP contribution in [-0.4, -0.2) is 35.7 Å². The Balaban J connectivity index is 1.68. The van der Waals surface area contributed by atoms with Gasteiger partial charge >= 0.3 is 12.1 Å². The molecule has 2 N–H and O–H groups in total. The Kier molecular flexibility index (Phi) is 5.81. The molecule has 0 radical (unpaired) electrons. The SMILES string of the molecule is O=PC(F)C[C@@H](NC(=O)OCC1c2ccccc2-c2ccccc21)C(=O)O. The zero-order chi connectivity index (χ0) is 19.4. The summed E-state index contributed by atoms with van der Waals surface area (Å²) in [6.07, 6.45) is -1.57. The molecular weight excluding hydrogens is 372 g/mol.